The van der Waals surface area contributed by atoms with Gasteiger partial charge in [0.25, 0.3) is 0 Å². The van der Waals surface area contributed by atoms with Gasteiger partial charge in [-0.25, -0.2) is 0 Å². The molecule has 2 nitrogen and oxygen atoms in total. The van der Waals surface area contributed by atoms with E-state index in [9.17, 15) is 0 Å². The number of nitrogens with zero attached hydrogens (tertiary/aromatic N) is 1. The van der Waals surface area contributed by atoms with Gasteiger partial charge in [0.1, 0.15) is 0 Å². The number of hydrogen-bond acceptors (Lipinski definition) is 1. The highest BCUT2D eigenvalue weighted by Gasteiger charge is 2.06. The molecule has 0 radical (unpaired) electrons. The van der Waals surface area contributed by atoms with Crippen molar-refractivity contribution in [1.29, 1.82) is 0 Å². The van der Waals surface area contributed by atoms with Crippen molar-refractivity contribution in [2.24, 2.45) is 7.05 Å². The van der Waals surface area contributed by atoms with E-state index >= 15 is 0 Å². The first-order chi connectivity index (χ1) is 6.74. The molecule has 2 heteroatoms. The predicted molar refractivity (Wildman–Crippen MR) is 61.0 cm³/mol. The number of rotatable bonds is 2. The smallest absolute Gasteiger partial charge is 0.0484 e. The molecule has 0 aliphatic carbocycles. The predicted octanol–water partition coefficient (Wildman–Crippen LogP) is 2.37. The minimum atomic E-state index is 0.960. The maximum atomic E-state index is 3.98. The summed E-state index contributed by atoms with van der Waals surface area (Å²) in [6.45, 7) is 3.98. The van der Waals surface area contributed by atoms with E-state index in [1.165, 1.54) is 16.5 Å². The Morgan fingerprint density at radius 1 is 1.36 bits per heavy atom. The molecular weight excluding hydrogens is 172 g/mol. The maximum Gasteiger partial charge on any atom is 0.0484 e. The summed E-state index contributed by atoms with van der Waals surface area (Å²) in [6.07, 6.45) is 2.10. The standard InChI is InChI=1S/C12H14N2/c1-9(13-2)11-8-14(3)12-7-5-4-6-10(11)12/h4-8,13H,1H2,2-3H3. The Labute approximate surface area is 83.9 Å². The van der Waals surface area contributed by atoms with Crippen LogP contribution < -0.4 is 5.32 Å². The SMILES string of the molecule is C=C(NC)c1cn(C)c2ccccc12. The van der Waals surface area contributed by atoms with Crippen LogP contribution in [0.1, 0.15) is 5.56 Å². The number of nitrogens with one attached hydrogen (secondary N) is 1. The molecule has 2 rings (SSSR count). The Morgan fingerprint density at radius 2 is 2.07 bits per heavy atom. The summed E-state index contributed by atoms with van der Waals surface area (Å²) in [6, 6.07) is 8.33. The van der Waals surface area contributed by atoms with E-state index < -0.39 is 0 Å². The second-order valence-electron chi connectivity index (χ2n) is 3.40. The van der Waals surface area contributed by atoms with Gasteiger partial charge in [-0.15, -0.1) is 0 Å². The van der Waals surface area contributed by atoms with E-state index in [1.807, 2.05) is 13.1 Å². The third kappa shape index (κ3) is 1.20. The molecule has 0 fully saturated rings. The van der Waals surface area contributed by atoms with Gasteiger partial charge in [0.2, 0.25) is 0 Å². The minimum absolute atomic E-state index is 0.960. The fourth-order valence-electron chi connectivity index (χ4n) is 1.72. The van der Waals surface area contributed by atoms with Gasteiger partial charge in [-0.1, -0.05) is 24.8 Å². The van der Waals surface area contributed by atoms with Crippen LogP contribution in [0.2, 0.25) is 0 Å². The van der Waals surface area contributed by atoms with Gasteiger partial charge in [-0.05, 0) is 6.07 Å². The van der Waals surface area contributed by atoms with Crippen LogP contribution in [0.25, 0.3) is 16.6 Å². The number of para-hydroxylation sites is 1. The van der Waals surface area contributed by atoms with Crippen molar-refractivity contribution in [3.8, 4) is 0 Å². The molecule has 1 heterocycles. The van der Waals surface area contributed by atoms with Crippen molar-refractivity contribution >= 4 is 16.6 Å². The van der Waals surface area contributed by atoms with E-state index in [0.29, 0.717) is 0 Å². The van der Waals surface area contributed by atoms with Gasteiger partial charge in [-0.3, -0.25) is 0 Å². The molecule has 0 amide bonds. The number of hydrogen-bond donors (Lipinski definition) is 1. The highest BCUT2D eigenvalue weighted by molar-refractivity contribution is 5.92. The van der Waals surface area contributed by atoms with Gasteiger partial charge in [0, 0.05) is 42.5 Å². The van der Waals surface area contributed by atoms with Gasteiger partial charge < -0.3 is 9.88 Å². The zero-order valence-corrected chi connectivity index (χ0v) is 8.54. The highest BCUT2D eigenvalue weighted by atomic mass is 14.9. The number of aryl methyl sites for hydroxylation is 1. The quantitative estimate of drug-likeness (QED) is 0.762. The number of fused-ring (bicyclic) bond motifs is 1. The summed E-state index contributed by atoms with van der Waals surface area (Å²) in [5, 5.41) is 4.32. The minimum Gasteiger partial charge on any atom is -0.388 e. The Morgan fingerprint density at radius 3 is 2.79 bits per heavy atom. The van der Waals surface area contributed by atoms with Crippen molar-refractivity contribution in [3.05, 3.63) is 42.6 Å². The first-order valence-electron chi connectivity index (χ1n) is 4.65. The fraction of sp³-hybridized carbons (Fsp3) is 0.167. The van der Waals surface area contributed by atoms with Gasteiger partial charge in [0.05, 0.1) is 0 Å². The van der Waals surface area contributed by atoms with E-state index in [4.69, 9.17) is 0 Å². The molecule has 0 aliphatic heterocycles. The summed E-state index contributed by atoms with van der Waals surface area (Å²) in [5.41, 5.74) is 3.37. The molecule has 72 valence electrons. The van der Waals surface area contributed by atoms with E-state index in [0.717, 1.165) is 5.70 Å². The molecule has 2 aromatic rings. The van der Waals surface area contributed by atoms with E-state index in [2.05, 4.69) is 47.9 Å². The zero-order valence-electron chi connectivity index (χ0n) is 8.54. The van der Waals surface area contributed by atoms with Crippen molar-refractivity contribution in [3.63, 3.8) is 0 Å². The first-order valence-corrected chi connectivity index (χ1v) is 4.65. The number of benzene rings is 1. The average Bonchev–Trinajstić information content (AvgIpc) is 2.56. The van der Waals surface area contributed by atoms with Crippen LogP contribution in [-0.4, -0.2) is 11.6 Å². The van der Waals surface area contributed by atoms with Crippen LogP contribution in [0, 0.1) is 0 Å². The van der Waals surface area contributed by atoms with Crippen LogP contribution >= 0.6 is 0 Å². The molecule has 0 saturated heterocycles. The molecule has 0 saturated carbocycles. The number of aromatic nitrogens is 1. The molecule has 1 N–H and O–H groups in total. The second-order valence-corrected chi connectivity index (χ2v) is 3.40. The summed E-state index contributed by atoms with van der Waals surface area (Å²) in [7, 11) is 3.94. The molecule has 0 spiro atoms. The topological polar surface area (TPSA) is 17.0 Å². The van der Waals surface area contributed by atoms with Gasteiger partial charge in [0.15, 0.2) is 0 Å². The lowest BCUT2D eigenvalue weighted by Crippen LogP contribution is -2.01. The molecule has 0 atom stereocenters. The molecule has 0 aliphatic rings. The van der Waals surface area contributed by atoms with Crippen LogP contribution in [0.4, 0.5) is 0 Å². The Hall–Kier alpha value is -1.70. The van der Waals surface area contributed by atoms with Crippen molar-refractivity contribution < 1.29 is 0 Å². The van der Waals surface area contributed by atoms with Crippen molar-refractivity contribution in [2.45, 2.75) is 0 Å². The van der Waals surface area contributed by atoms with Crippen molar-refractivity contribution in [1.82, 2.24) is 9.88 Å². The van der Waals surface area contributed by atoms with Gasteiger partial charge in [-0.2, -0.15) is 0 Å². The molecule has 0 unspecified atom stereocenters. The summed E-state index contributed by atoms with van der Waals surface area (Å²) < 4.78 is 2.12. The summed E-state index contributed by atoms with van der Waals surface area (Å²) >= 11 is 0. The lowest BCUT2D eigenvalue weighted by molar-refractivity contribution is 0.964. The monoisotopic (exact) mass is 186 g/mol. The zero-order chi connectivity index (χ0) is 10.1. The lowest BCUT2D eigenvalue weighted by Gasteiger charge is -2.01. The molecular formula is C12H14N2. The van der Waals surface area contributed by atoms with Crippen molar-refractivity contribution in [2.75, 3.05) is 7.05 Å². The molecule has 1 aromatic heterocycles. The van der Waals surface area contributed by atoms with Crippen LogP contribution in [-0.2, 0) is 7.05 Å². The maximum absolute atomic E-state index is 3.98. The fourth-order valence-corrected chi connectivity index (χ4v) is 1.72. The third-order valence-corrected chi connectivity index (χ3v) is 2.52. The first kappa shape index (κ1) is 8.88. The van der Waals surface area contributed by atoms with Crippen LogP contribution in [0.5, 0.6) is 0 Å². The Kier molecular flexibility index (Phi) is 2.04. The van der Waals surface area contributed by atoms with E-state index in [1.54, 1.807) is 0 Å². The van der Waals surface area contributed by atoms with Gasteiger partial charge >= 0.3 is 0 Å². The van der Waals surface area contributed by atoms with E-state index in [-0.39, 0.29) is 0 Å². The lowest BCUT2D eigenvalue weighted by atomic mass is 10.1. The molecule has 14 heavy (non-hydrogen) atoms. The normalized spacial score (nSPS) is 10.4. The second kappa shape index (κ2) is 3.22. The molecule has 1 aromatic carbocycles. The Balaban J connectivity index is 2.72. The average molecular weight is 186 g/mol. The van der Waals surface area contributed by atoms with Crippen LogP contribution in [0.15, 0.2) is 37.0 Å². The largest absolute Gasteiger partial charge is 0.388 e. The summed E-state index contributed by atoms with van der Waals surface area (Å²) in [4.78, 5) is 0. The molecule has 0 bridgehead atoms. The third-order valence-electron chi connectivity index (χ3n) is 2.52. The summed E-state index contributed by atoms with van der Waals surface area (Å²) in [5.74, 6) is 0. The highest BCUT2D eigenvalue weighted by Crippen LogP contribution is 2.23. The van der Waals surface area contributed by atoms with Crippen LogP contribution in [0.3, 0.4) is 0 Å². The Bertz CT molecular complexity index is 480.